The van der Waals surface area contributed by atoms with Crippen LogP contribution in [-0.4, -0.2) is 17.6 Å². The molecule has 1 aromatic rings. The molecule has 0 saturated carbocycles. The summed E-state index contributed by atoms with van der Waals surface area (Å²) in [6.45, 7) is 2.81. The van der Waals surface area contributed by atoms with Crippen molar-refractivity contribution in [1.82, 2.24) is 0 Å². The Morgan fingerprint density at radius 3 is 2.86 bits per heavy atom. The van der Waals surface area contributed by atoms with Crippen molar-refractivity contribution in [3.63, 3.8) is 0 Å². The number of benzene rings is 1. The summed E-state index contributed by atoms with van der Waals surface area (Å²) in [4.78, 5) is 10.9. The first kappa shape index (κ1) is 11.0. The van der Waals surface area contributed by atoms with Gasteiger partial charge in [0.1, 0.15) is 0 Å². The van der Waals surface area contributed by atoms with E-state index in [1.807, 2.05) is 13.0 Å². The largest absolute Gasteiger partial charge is 0.478 e. The highest BCUT2D eigenvalue weighted by atomic mass is 79.9. The summed E-state index contributed by atoms with van der Waals surface area (Å²) in [6.07, 6.45) is 0.964. The Bertz CT molecular complexity index is 339. The number of halogens is 1. The second kappa shape index (κ2) is 5.00. The maximum atomic E-state index is 10.9. The van der Waals surface area contributed by atoms with Crippen LogP contribution in [0.25, 0.3) is 0 Å². The summed E-state index contributed by atoms with van der Waals surface area (Å²) in [5, 5.41) is 12.1. The lowest BCUT2D eigenvalue weighted by Gasteiger charge is -2.09. The number of carboxylic acid groups (broad SMARTS) is 1. The number of anilines is 1. The summed E-state index contributed by atoms with van der Waals surface area (Å²) in [7, 11) is 0. The molecule has 0 aliphatic carbocycles. The van der Waals surface area contributed by atoms with Gasteiger partial charge in [-0.2, -0.15) is 0 Å². The predicted octanol–water partition coefficient (Wildman–Crippen LogP) is 2.97. The first-order valence-electron chi connectivity index (χ1n) is 4.42. The molecule has 0 saturated heterocycles. The number of carboxylic acids is 1. The molecule has 0 aliphatic heterocycles. The molecule has 0 amide bonds. The van der Waals surface area contributed by atoms with Crippen molar-refractivity contribution in [2.24, 2.45) is 0 Å². The van der Waals surface area contributed by atoms with E-state index >= 15 is 0 Å². The molecule has 0 heterocycles. The molecule has 1 rings (SSSR count). The van der Waals surface area contributed by atoms with Gasteiger partial charge in [0.15, 0.2) is 0 Å². The van der Waals surface area contributed by atoms with Crippen molar-refractivity contribution >= 4 is 27.6 Å². The second-order valence-corrected chi connectivity index (χ2v) is 3.75. The van der Waals surface area contributed by atoms with Crippen LogP contribution in [0.1, 0.15) is 23.7 Å². The summed E-state index contributed by atoms with van der Waals surface area (Å²) in [5.74, 6) is -0.920. The third-order valence-electron chi connectivity index (χ3n) is 1.79. The van der Waals surface area contributed by atoms with Gasteiger partial charge in [-0.3, -0.25) is 0 Å². The standard InChI is InChI=1S/C10H12BrNO2/c1-2-6-12-8-5-3-4-7(11)9(8)10(13)14/h3-5,12H,2,6H2,1H3,(H,13,14). The molecule has 0 aromatic heterocycles. The van der Waals surface area contributed by atoms with E-state index in [1.54, 1.807) is 12.1 Å². The van der Waals surface area contributed by atoms with Gasteiger partial charge in [0, 0.05) is 16.7 Å². The monoisotopic (exact) mass is 257 g/mol. The van der Waals surface area contributed by atoms with Crippen molar-refractivity contribution in [3.8, 4) is 0 Å². The number of hydrogen-bond acceptors (Lipinski definition) is 2. The summed E-state index contributed by atoms with van der Waals surface area (Å²) in [5.41, 5.74) is 0.953. The lowest BCUT2D eigenvalue weighted by atomic mass is 10.2. The molecule has 0 atom stereocenters. The first-order chi connectivity index (χ1) is 6.66. The predicted molar refractivity (Wildman–Crippen MR) is 59.9 cm³/mol. The van der Waals surface area contributed by atoms with Crippen LogP contribution in [0.15, 0.2) is 22.7 Å². The van der Waals surface area contributed by atoms with Crippen LogP contribution in [0.5, 0.6) is 0 Å². The Balaban J connectivity index is 3.02. The number of carbonyl (C=O) groups is 1. The van der Waals surface area contributed by atoms with Gasteiger partial charge in [-0.05, 0) is 34.5 Å². The molecule has 3 nitrogen and oxygen atoms in total. The fourth-order valence-corrected chi connectivity index (χ4v) is 1.68. The van der Waals surface area contributed by atoms with E-state index in [2.05, 4.69) is 21.2 Å². The number of hydrogen-bond donors (Lipinski definition) is 2. The van der Waals surface area contributed by atoms with Gasteiger partial charge in [0.2, 0.25) is 0 Å². The molecular formula is C10H12BrNO2. The normalized spacial score (nSPS) is 9.86. The van der Waals surface area contributed by atoms with Gasteiger partial charge >= 0.3 is 5.97 Å². The van der Waals surface area contributed by atoms with Crippen LogP contribution in [0.4, 0.5) is 5.69 Å². The molecule has 1 aromatic carbocycles. The van der Waals surface area contributed by atoms with Crippen molar-refractivity contribution in [2.45, 2.75) is 13.3 Å². The summed E-state index contributed by atoms with van der Waals surface area (Å²) < 4.78 is 0.603. The quantitative estimate of drug-likeness (QED) is 0.872. The van der Waals surface area contributed by atoms with Crippen LogP contribution < -0.4 is 5.32 Å². The van der Waals surface area contributed by atoms with Crippen LogP contribution >= 0.6 is 15.9 Å². The zero-order chi connectivity index (χ0) is 10.6. The summed E-state index contributed by atoms with van der Waals surface area (Å²) >= 11 is 3.22. The van der Waals surface area contributed by atoms with Crippen molar-refractivity contribution in [3.05, 3.63) is 28.2 Å². The van der Waals surface area contributed by atoms with Gasteiger partial charge < -0.3 is 10.4 Å². The maximum absolute atomic E-state index is 10.9. The molecule has 76 valence electrons. The fraction of sp³-hybridized carbons (Fsp3) is 0.300. The fourth-order valence-electron chi connectivity index (χ4n) is 1.15. The number of rotatable bonds is 4. The average Bonchev–Trinajstić information content (AvgIpc) is 2.14. The topological polar surface area (TPSA) is 49.3 Å². The van der Waals surface area contributed by atoms with Crippen molar-refractivity contribution in [2.75, 3.05) is 11.9 Å². The number of nitrogens with one attached hydrogen (secondary N) is 1. The Hall–Kier alpha value is -1.03. The van der Waals surface area contributed by atoms with Gasteiger partial charge in [0.05, 0.1) is 5.56 Å². The minimum atomic E-state index is -0.920. The maximum Gasteiger partial charge on any atom is 0.338 e. The van der Waals surface area contributed by atoms with Crippen LogP contribution in [0.3, 0.4) is 0 Å². The van der Waals surface area contributed by atoms with Gasteiger partial charge in [-0.1, -0.05) is 13.0 Å². The highest BCUT2D eigenvalue weighted by Gasteiger charge is 2.12. The van der Waals surface area contributed by atoms with E-state index in [-0.39, 0.29) is 0 Å². The molecule has 0 bridgehead atoms. The minimum absolute atomic E-state index is 0.293. The van der Waals surface area contributed by atoms with Gasteiger partial charge in [0.25, 0.3) is 0 Å². The lowest BCUT2D eigenvalue weighted by Crippen LogP contribution is -2.07. The third-order valence-corrected chi connectivity index (χ3v) is 2.45. The van der Waals surface area contributed by atoms with E-state index in [0.29, 0.717) is 15.7 Å². The Morgan fingerprint density at radius 2 is 2.29 bits per heavy atom. The van der Waals surface area contributed by atoms with Crippen molar-refractivity contribution in [1.29, 1.82) is 0 Å². The molecule has 0 spiro atoms. The first-order valence-corrected chi connectivity index (χ1v) is 5.21. The van der Waals surface area contributed by atoms with E-state index in [4.69, 9.17) is 5.11 Å². The molecule has 0 aliphatic rings. The average molecular weight is 258 g/mol. The summed E-state index contributed by atoms with van der Waals surface area (Å²) in [6, 6.07) is 5.30. The van der Waals surface area contributed by atoms with E-state index in [0.717, 1.165) is 13.0 Å². The molecule has 4 heteroatoms. The lowest BCUT2D eigenvalue weighted by molar-refractivity contribution is 0.0697. The second-order valence-electron chi connectivity index (χ2n) is 2.89. The SMILES string of the molecule is CCCNc1cccc(Br)c1C(=O)O. The highest BCUT2D eigenvalue weighted by Crippen LogP contribution is 2.24. The number of aromatic carboxylic acids is 1. The molecule has 2 N–H and O–H groups in total. The van der Waals surface area contributed by atoms with E-state index in [1.165, 1.54) is 0 Å². The van der Waals surface area contributed by atoms with Crippen LogP contribution in [0, 0.1) is 0 Å². The Labute approximate surface area is 91.3 Å². The minimum Gasteiger partial charge on any atom is -0.478 e. The third kappa shape index (κ3) is 2.48. The Morgan fingerprint density at radius 1 is 1.57 bits per heavy atom. The van der Waals surface area contributed by atoms with E-state index < -0.39 is 5.97 Å². The molecule has 0 radical (unpaired) electrons. The van der Waals surface area contributed by atoms with Gasteiger partial charge in [-0.15, -0.1) is 0 Å². The molecular weight excluding hydrogens is 246 g/mol. The van der Waals surface area contributed by atoms with Gasteiger partial charge in [-0.25, -0.2) is 4.79 Å². The van der Waals surface area contributed by atoms with Crippen molar-refractivity contribution < 1.29 is 9.90 Å². The Kier molecular flexibility index (Phi) is 3.95. The zero-order valence-corrected chi connectivity index (χ0v) is 9.47. The highest BCUT2D eigenvalue weighted by molar-refractivity contribution is 9.10. The zero-order valence-electron chi connectivity index (χ0n) is 7.88. The molecule has 0 unspecified atom stereocenters. The van der Waals surface area contributed by atoms with Crippen LogP contribution in [-0.2, 0) is 0 Å². The molecule has 14 heavy (non-hydrogen) atoms. The van der Waals surface area contributed by atoms with Crippen LogP contribution in [0.2, 0.25) is 0 Å². The molecule has 0 fully saturated rings. The smallest absolute Gasteiger partial charge is 0.338 e. The van der Waals surface area contributed by atoms with E-state index in [9.17, 15) is 4.79 Å².